The zero-order valence-electron chi connectivity index (χ0n) is 9.61. The van der Waals surface area contributed by atoms with E-state index in [-0.39, 0.29) is 0 Å². The lowest BCUT2D eigenvalue weighted by Gasteiger charge is -2.04. The maximum Gasteiger partial charge on any atom is 0.141 e. The van der Waals surface area contributed by atoms with Gasteiger partial charge in [0.1, 0.15) is 5.82 Å². The van der Waals surface area contributed by atoms with Gasteiger partial charge in [-0.25, -0.2) is 4.68 Å². The van der Waals surface area contributed by atoms with Crippen molar-refractivity contribution in [2.75, 3.05) is 5.73 Å². The van der Waals surface area contributed by atoms with Crippen LogP contribution in [-0.2, 0) is 0 Å². The molecule has 0 aliphatic heterocycles. The van der Waals surface area contributed by atoms with Crippen molar-refractivity contribution in [1.29, 1.82) is 0 Å². The first-order valence-corrected chi connectivity index (χ1v) is 7.17. The van der Waals surface area contributed by atoms with E-state index in [1.807, 2.05) is 24.3 Å². The molecule has 17 heavy (non-hydrogen) atoms. The van der Waals surface area contributed by atoms with Crippen LogP contribution in [0.4, 0.5) is 5.82 Å². The zero-order chi connectivity index (χ0) is 12.6. The van der Waals surface area contributed by atoms with Crippen LogP contribution in [0.5, 0.6) is 0 Å². The predicted molar refractivity (Wildman–Crippen MR) is 82.5 cm³/mol. The Morgan fingerprint density at radius 3 is 2.65 bits per heavy atom. The molecule has 0 aliphatic carbocycles. The number of benzene rings is 1. The van der Waals surface area contributed by atoms with Crippen molar-refractivity contribution < 1.29 is 0 Å². The molecule has 0 fully saturated rings. The van der Waals surface area contributed by atoms with Crippen molar-refractivity contribution in [3.63, 3.8) is 0 Å². The van der Waals surface area contributed by atoms with Gasteiger partial charge in [-0.2, -0.15) is 5.10 Å². The van der Waals surface area contributed by atoms with Gasteiger partial charge in [0.05, 0.1) is 15.0 Å². The number of halogens is 2. The van der Waals surface area contributed by atoms with Crippen LogP contribution >= 0.6 is 38.5 Å². The standard InChI is InChI=1S/C12H13BrIN3/c1-7(2)11-10(14)12(15)17(16-11)9-5-3-4-8(13)6-9/h3-7H,15H2,1-2H3. The van der Waals surface area contributed by atoms with Crippen LogP contribution in [0.1, 0.15) is 25.5 Å². The quantitative estimate of drug-likeness (QED) is 0.769. The van der Waals surface area contributed by atoms with Gasteiger partial charge in [-0.3, -0.25) is 0 Å². The van der Waals surface area contributed by atoms with Crippen molar-refractivity contribution in [2.24, 2.45) is 0 Å². The lowest BCUT2D eigenvalue weighted by atomic mass is 10.1. The Balaban J connectivity index is 2.57. The molecule has 1 heterocycles. The summed E-state index contributed by atoms with van der Waals surface area (Å²) in [6, 6.07) is 7.96. The minimum Gasteiger partial charge on any atom is -0.383 e. The first-order valence-electron chi connectivity index (χ1n) is 5.30. The topological polar surface area (TPSA) is 43.8 Å². The average Bonchev–Trinajstić information content (AvgIpc) is 2.56. The molecule has 0 aliphatic rings. The van der Waals surface area contributed by atoms with E-state index in [1.54, 1.807) is 4.68 Å². The van der Waals surface area contributed by atoms with Gasteiger partial charge in [0.25, 0.3) is 0 Å². The summed E-state index contributed by atoms with van der Waals surface area (Å²) in [5.74, 6) is 1.07. The second kappa shape index (κ2) is 4.97. The molecule has 2 rings (SSSR count). The van der Waals surface area contributed by atoms with Crippen LogP contribution in [0.3, 0.4) is 0 Å². The van der Waals surface area contributed by atoms with Crippen molar-refractivity contribution in [1.82, 2.24) is 9.78 Å². The number of hydrogen-bond donors (Lipinski definition) is 1. The molecule has 0 saturated heterocycles. The highest BCUT2D eigenvalue weighted by molar-refractivity contribution is 14.1. The minimum absolute atomic E-state index is 0.373. The Labute approximate surface area is 123 Å². The number of aromatic nitrogens is 2. The summed E-state index contributed by atoms with van der Waals surface area (Å²) in [7, 11) is 0. The third kappa shape index (κ3) is 2.49. The molecule has 0 saturated carbocycles. The molecule has 90 valence electrons. The molecule has 0 atom stereocenters. The van der Waals surface area contributed by atoms with Crippen molar-refractivity contribution in [2.45, 2.75) is 19.8 Å². The van der Waals surface area contributed by atoms with Crippen molar-refractivity contribution >= 4 is 44.3 Å². The zero-order valence-corrected chi connectivity index (χ0v) is 13.4. The molecule has 1 aromatic carbocycles. The third-order valence-electron chi connectivity index (χ3n) is 2.49. The van der Waals surface area contributed by atoms with E-state index in [1.165, 1.54) is 0 Å². The maximum absolute atomic E-state index is 6.10. The monoisotopic (exact) mass is 405 g/mol. The Morgan fingerprint density at radius 2 is 2.12 bits per heavy atom. The van der Waals surface area contributed by atoms with E-state index in [2.05, 4.69) is 57.5 Å². The molecule has 3 nitrogen and oxygen atoms in total. The van der Waals surface area contributed by atoms with Gasteiger partial charge >= 0.3 is 0 Å². The van der Waals surface area contributed by atoms with E-state index in [4.69, 9.17) is 5.73 Å². The predicted octanol–water partition coefficient (Wildman–Crippen LogP) is 3.95. The molecule has 1 aromatic heterocycles. The van der Waals surface area contributed by atoms with Crippen LogP contribution in [0, 0.1) is 3.57 Å². The summed E-state index contributed by atoms with van der Waals surface area (Å²) in [4.78, 5) is 0. The third-order valence-corrected chi connectivity index (χ3v) is 4.08. The summed E-state index contributed by atoms with van der Waals surface area (Å²) in [5.41, 5.74) is 8.12. The molecule has 0 radical (unpaired) electrons. The second-order valence-electron chi connectivity index (χ2n) is 4.13. The Hall–Kier alpha value is -0.560. The van der Waals surface area contributed by atoms with Gasteiger partial charge in [0.15, 0.2) is 0 Å². The number of nitrogen functional groups attached to an aromatic ring is 1. The van der Waals surface area contributed by atoms with Gasteiger partial charge in [-0.05, 0) is 46.7 Å². The van der Waals surface area contributed by atoms with Gasteiger partial charge in [-0.1, -0.05) is 35.8 Å². The van der Waals surface area contributed by atoms with Crippen molar-refractivity contribution in [3.05, 3.63) is 38.0 Å². The van der Waals surface area contributed by atoms with Crippen LogP contribution < -0.4 is 5.73 Å². The van der Waals surface area contributed by atoms with E-state index in [0.29, 0.717) is 11.7 Å². The van der Waals surface area contributed by atoms with Gasteiger partial charge < -0.3 is 5.73 Å². The van der Waals surface area contributed by atoms with Gasteiger partial charge in [0.2, 0.25) is 0 Å². The maximum atomic E-state index is 6.10. The molecule has 2 N–H and O–H groups in total. The summed E-state index contributed by atoms with van der Waals surface area (Å²) < 4.78 is 3.85. The smallest absolute Gasteiger partial charge is 0.141 e. The van der Waals surface area contributed by atoms with E-state index in [0.717, 1.165) is 19.4 Å². The fourth-order valence-corrected chi connectivity index (χ4v) is 2.95. The molecular formula is C12H13BrIN3. The average molecular weight is 406 g/mol. The number of nitrogens with two attached hydrogens (primary N) is 1. The number of hydrogen-bond acceptors (Lipinski definition) is 2. The number of rotatable bonds is 2. The van der Waals surface area contributed by atoms with Crippen LogP contribution in [0.15, 0.2) is 28.7 Å². The Morgan fingerprint density at radius 1 is 1.41 bits per heavy atom. The Bertz CT molecular complexity index is 549. The molecular weight excluding hydrogens is 393 g/mol. The molecule has 0 amide bonds. The highest BCUT2D eigenvalue weighted by atomic mass is 127. The minimum atomic E-state index is 0.373. The highest BCUT2D eigenvalue weighted by Crippen LogP contribution is 2.28. The summed E-state index contributed by atoms with van der Waals surface area (Å²) in [6.07, 6.45) is 0. The molecule has 0 unspecified atom stereocenters. The SMILES string of the molecule is CC(C)c1nn(-c2cccc(Br)c2)c(N)c1I. The first kappa shape index (κ1) is 12.9. The van der Waals surface area contributed by atoms with E-state index < -0.39 is 0 Å². The van der Waals surface area contributed by atoms with E-state index >= 15 is 0 Å². The fraction of sp³-hybridized carbons (Fsp3) is 0.250. The number of nitrogens with zero attached hydrogens (tertiary/aromatic N) is 2. The van der Waals surface area contributed by atoms with Crippen LogP contribution in [0.25, 0.3) is 5.69 Å². The second-order valence-corrected chi connectivity index (χ2v) is 6.13. The fourth-order valence-electron chi connectivity index (χ4n) is 1.60. The number of anilines is 1. The summed E-state index contributed by atoms with van der Waals surface area (Å²) in [6.45, 7) is 4.24. The summed E-state index contributed by atoms with van der Waals surface area (Å²) in [5, 5.41) is 4.58. The highest BCUT2D eigenvalue weighted by Gasteiger charge is 2.16. The lowest BCUT2D eigenvalue weighted by molar-refractivity contribution is 0.768. The van der Waals surface area contributed by atoms with Crippen LogP contribution in [0.2, 0.25) is 0 Å². The van der Waals surface area contributed by atoms with Gasteiger partial charge in [-0.15, -0.1) is 0 Å². The summed E-state index contributed by atoms with van der Waals surface area (Å²) >= 11 is 5.71. The normalized spacial score (nSPS) is 11.1. The van der Waals surface area contributed by atoms with Gasteiger partial charge in [0, 0.05) is 4.47 Å². The first-order chi connectivity index (χ1) is 8.00. The molecule has 2 aromatic rings. The van der Waals surface area contributed by atoms with E-state index in [9.17, 15) is 0 Å². The van der Waals surface area contributed by atoms with Crippen molar-refractivity contribution in [3.8, 4) is 5.69 Å². The molecule has 0 bridgehead atoms. The Kier molecular flexibility index (Phi) is 3.77. The molecule has 0 spiro atoms. The van der Waals surface area contributed by atoms with Crippen LogP contribution in [-0.4, -0.2) is 9.78 Å². The largest absolute Gasteiger partial charge is 0.383 e. The lowest BCUT2D eigenvalue weighted by Crippen LogP contribution is -2.02. The molecule has 5 heteroatoms.